The molecule has 3 nitrogen and oxygen atoms in total. The van der Waals surface area contributed by atoms with E-state index in [1.54, 1.807) is 0 Å². The van der Waals surface area contributed by atoms with E-state index in [0.29, 0.717) is 6.61 Å². The predicted molar refractivity (Wildman–Crippen MR) is 59.8 cm³/mol. The molecule has 2 saturated heterocycles. The van der Waals surface area contributed by atoms with Crippen molar-refractivity contribution in [2.45, 2.75) is 18.6 Å². The molecule has 0 N–H and O–H groups in total. The van der Waals surface area contributed by atoms with E-state index in [4.69, 9.17) is 4.74 Å². The summed E-state index contributed by atoms with van der Waals surface area (Å²) in [4.78, 5) is 13.7. The second-order valence-corrected chi connectivity index (χ2v) is 4.82. The maximum absolute atomic E-state index is 11.9. The minimum Gasteiger partial charge on any atom is -0.366 e. The van der Waals surface area contributed by atoms with Crippen LogP contribution in [0.4, 0.5) is 5.69 Å². The lowest BCUT2D eigenvalue weighted by atomic mass is 10.2. The third-order valence-corrected chi connectivity index (χ3v) is 3.43. The van der Waals surface area contributed by atoms with E-state index < -0.39 is 0 Å². The molecule has 2 bridgehead atoms. The summed E-state index contributed by atoms with van der Waals surface area (Å²) in [6.07, 6.45) is 0.639. The molecular formula is C11H10BrNO2. The predicted octanol–water partition coefficient (Wildman–Crippen LogP) is 1.95. The summed E-state index contributed by atoms with van der Waals surface area (Å²) in [6.45, 7) is 0.670. The van der Waals surface area contributed by atoms with Gasteiger partial charge in [0, 0.05) is 16.6 Å². The Morgan fingerprint density at radius 3 is 3.00 bits per heavy atom. The van der Waals surface area contributed by atoms with Gasteiger partial charge in [-0.3, -0.25) is 4.79 Å². The molecule has 0 aromatic heterocycles. The van der Waals surface area contributed by atoms with Crippen LogP contribution in [0.15, 0.2) is 28.7 Å². The minimum absolute atomic E-state index is 0.101. The first-order valence-electron chi connectivity index (χ1n) is 4.96. The molecule has 15 heavy (non-hydrogen) atoms. The van der Waals surface area contributed by atoms with Gasteiger partial charge in [-0.05, 0) is 18.2 Å². The topological polar surface area (TPSA) is 29.5 Å². The van der Waals surface area contributed by atoms with Gasteiger partial charge in [-0.1, -0.05) is 22.0 Å². The van der Waals surface area contributed by atoms with Crippen molar-refractivity contribution in [1.82, 2.24) is 0 Å². The van der Waals surface area contributed by atoms with Crippen molar-refractivity contribution < 1.29 is 9.53 Å². The number of amides is 1. The van der Waals surface area contributed by atoms with Crippen molar-refractivity contribution in [3.05, 3.63) is 28.7 Å². The number of morpholine rings is 1. The molecule has 0 saturated carbocycles. The van der Waals surface area contributed by atoms with Gasteiger partial charge < -0.3 is 9.64 Å². The van der Waals surface area contributed by atoms with Crippen LogP contribution in [0.25, 0.3) is 0 Å². The zero-order valence-corrected chi connectivity index (χ0v) is 9.61. The summed E-state index contributed by atoms with van der Waals surface area (Å²) in [7, 11) is 0. The molecule has 0 radical (unpaired) electrons. The standard InChI is InChI=1S/C11H10BrNO2/c12-7-2-1-3-8(4-7)13-9-5-10(11(13)14)15-6-9/h1-4,9-10H,5-6H2. The Labute approximate surface area is 96.1 Å². The van der Waals surface area contributed by atoms with E-state index in [1.165, 1.54) is 0 Å². The summed E-state index contributed by atoms with van der Waals surface area (Å²) in [6, 6.07) is 8.07. The third-order valence-electron chi connectivity index (χ3n) is 2.94. The Balaban J connectivity index is 1.98. The number of fused-ring (bicyclic) bond motifs is 2. The fraction of sp³-hybridized carbons (Fsp3) is 0.364. The lowest BCUT2D eigenvalue weighted by Crippen LogP contribution is -2.41. The first kappa shape index (κ1) is 9.36. The Kier molecular flexibility index (Phi) is 2.07. The summed E-state index contributed by atoms with van der Waals surface area (Å²) in [5, 5.41) is 0. The number of anilines is 1. The highest BCUT2D eigenvalue weighted by Crippen LogP contribution is 2.34. The molecule has 2 heterocycles. The van der Waals surface area contributed by atoms with Gasteiger partial charge in [0.25, 0.3) is 5.91 Å². The Morgan fingerprint density at radius 1 is 1.47 bits per heavy atom. The molecule has 78 valence electrons. The van der Waals surface area contributed by atoms with E-state index in [2.05, 4.69) is 15.9 Å². The zero-order chi connectivity index (χ0) is 10.4. The van der Waals surface area contributed by atoms with E-state index in [9.17, 15) is 4.79 Å². The van der Waals surface area contributed by atoms with Crippen LogP contribution in [0, 0.1) is 0 Å². The Morgan fingerprint density at radius 2 is 2.33 bits per heavy atom. The second-order valence-electron chi connectivity index (χ2n) is 3.90. The highest BCUT2D eigenvalue weighted by Gasteiger charge is 2.46. The van der Waals surface area contributed by atoms with Crippen molar-refractivity contribution in [3.8, 4) is 0 Å². The molecule has 1 aromatic carbocycles. The number of carbonyl (C=O) groups excluding carboxylic acids is 1. The lowest BCUT2D eigenvalue weighted by molar-refractivity contribution is -0.128. The van der Waals surface area contributed by atoms with Crippen LogP contribution >= 0.6 is 15.9 Å². The molecule has 1 amide bonds. The minimum atomic E-state index is -0.200. The van der Waals surface area contributed by atoms with Crippen LogP contribution in [-0.4, -0.2) is 24.7 Å². The van der Waals surface area contributed by atoms with E-state index >= 15 is 0 Å². The normalized spacial score (nSPS) is 28.9. The number of carbonyl (C=O) groups is 1. The van der Waals surface area contributed by atoms with Gasteiger partial charge >= 0.3 is 0 Å². The molecule has 4 heteroatoms. The largest absolute Gasteiger partial charge is 0.366 e. The van der Waals surface area contributed by atoms with Gasteiger partial charge in [0.2, 0.25) is 0 Å². The van der Waals surface area contributed by atoms with Crippen molar-refractivity contribution in [3.63, 3.8) is 0 Å². The molecule has 1 aromatic rings. The van der Waals surface area contributed by atoms with Crippen molar-refractivity contribution >= 4 is 27.5 Å². The maximum atomic E-state index is 11.9. The number of hydrogen-bond donors (Lipinski definition) is 0. The highest BCUT2D eigenvalue weighted by molar-refractivity contribution is 9.10. The number of halogens is 1. The van der Waals surface area contributed by atoms with Crippen LogP contribution in [0.2, 0.25) is 0 Å². The quantitative estimate of drug-likeness (QED) is 0.779. The third kappa shape index (κ3) is 1.40. The zero-order valence-electron chi connectivity index (χ0n) is 8.02. The van der Waals surface area contributed by atoms with Crippen molar-refractivity contribution in [1.29, 1.82) is 0 Å². The molecule has 2 aliphatic rings. The first-order chi connectivity index (χ1) is 7.25. The molecule has 3 rings (SSSR count). The molecule has 2 aliphatic heterocycles. The van der Waals surface area contributed by atoms with Gasteiger partial charge in [-0.25, -0.2) is 0 Å². The molecule has 0 aliphatic carbocycles. The van der Waals surface area contributed by atoms with Gasteiger partial charge in [-0.2, -0.15) is 0 Å². The number of rotatable bonds is 1. The lowest BCUT2D eigenvalue weighted by Gasteiger charge is -2.27. The molecule has 2 fully saturated rings. The van der Waals surface area contributed by atoms with E-state index in [1.807, 2.05) is 29.2 Å². The average Bonchev–Trinajstić information content (AvgIpc) is 2.77. The molecule has 2 unspecified atom stereocenters. The molecule has 0 spiro atoms. The fourth-order valence-corrected chi connectivity index (χ4v) is 2.65. The van der Waals surface area contributed by atoms with Gasteiger partial charge in [0.15, 0.2) is 0 Å². The van der Waals surface area contributed by atoms with Crippen molar-refractivity contribution in [2.24, 2.45) is 0 Å². The summed E-state index contributed by atoms with van der Waals surface area (Å²) in [5.41, 5.74) is 0.963. The number of ether oxygens (including phenoxy) is 1. The van der Waals surface area contributed by atoms with Crippen LogP contribution in [0.3, 0.4) is 0 Å². The number of hydrogen-bond acceptors (Lipinski definition) is 2. The van der Waals surface area contributed by atoms with Gasteiger partial charge in [0.05, 0.1) is 12.6 Å². The number of nitrogens with zero attached hydrogens (tertiary/aromatic N) is 1. The van der Waals surface area contributed by atoms with Crippen molar-refractivity contribution in [2.75, 3.05) is 11.5 Å². The van der Waals surface area contributed by atoms with Gasteiger partial charge in [-0.15, -0.1) is 0 Å². The SMILES string of the molecule is O=C1C2CC(CO2)N1c1cccc(Br)c1. The summed E-state index contributed by atoms with van der Waals surface area (Å²) in [5.74, 6) is 0.101. The Hall–Kier alpha value is -0.870. The average molecular weight is 268 g/mol. The second kappa shape index (κ2) is 3.32. The van der Waals surface area contributed by atoms with Crippen LogP contribution < -0.4 is 4.90 Å². The first-order valence-corrected chi connectivity index (χ1v) is 5.75. The van der Waals surface area contributed by atoms with Crippen LogP contribution in [-0.2, 0) is 9.53 Å². The molecule has 2 atom stereocenters. The van der Waals surface area contributed by atoms with E-state index in [-0.39, 0.29) is 18.1 Å². The highest BCUT2D eigenvalue weighted by atomic mass is 79.9. The fourth-order valence-electron chi connectivity index (χ4n) is 2.26. The smallest absolute Gasteiger partial charge is 0.256 e. The molecular weight excluding hydrogens is 258 g/mol. The monoisotopic (exact) mass is 267 g/mol. The van der Waals surface area contributed by atoms with Gasteiger partial charge in [0.1, 0.15) is 6.10 Å². The van der Waals surface area contributed by atoms with Crippen LogP contribution in [0.5, 0.6) is 0 Å². The Bertz CT molecular complexity index is 421. The summed E-state index contributed by atoms with van der Waals surface area (Å²) >= 11 is 3.41. The number of benzene rings is 1. The maximum Gasteiger partial charge on any atom is 0.256 e. The summed E-state index contributed by atoms with van der Waals surface area (Å²) < 4.78 is 6.34. The van der Waals surface area contributed by atoms with E-state index in [0.717, 1.165) is 16.6 Å². The van der Waals surface area contributed by atoms with Crippen LogP contribution in [0.1, 0.15) is 6.42 Å².